The van der Waals surface area contributed by atoms with Crippen LogP contribution < -0.4 is 0 Å². The molecular formula is C9H14O2. The molecule has 2 nitrogen and oxygen atoms in total. The van der Waals surface area contributed by atoms with Crippen molar-refractivity contribution in [1.82, 2.24) is 0 Å². The molecule has 0 saturated heterocycles. The molecule has 0 heterocycles. The minimum atomic E-state index is 0.0637. The fourth-order valence-electron chi connectivity index (χ4n) is 0.834. The Morgan fingerprint density at radius 1 is 1.18 bits per heavy atom. The van der Waals surface area contributed by atoms with E-state index in [0.29, 0.717) is 12.8 Å². The van der Waals surface area contributed by atoms with E-state index in [1.807, 2.05) is 6.92 Å². The van der Waals surface area contributed by atoms with Gasteiger partial charge in [-0.05, 0) is 32.8 Å². The Morgan fingerprint density at radius 2 is 1.73 bits per heavy atom. The van der Waals surface area contributed by atoms with Gasteiger partial charge in [0.15, 0.2) is 5.78 Å². The monoisotopic (exact) mass is 154 g/mol. The second kappa shape index (κ2) is 4.83. The first-order valence-corrected chi connectivity index (χ1v) is 3.73. The molecule has 11 heavy (non-hydrogen) atoms. The highest BCUT2D eigenvalue weighted by molar-refractivity contribution is 5.93. The summed E-state index contributed by atoms with van der Waals surface area (Å²) < 4.78 is 0. The van der Waals surface area contributed by atoms with Gasteiger partial charge in [0.05, 0.1) is 0 Å². The normalized spacial score (nSPS) is 11.4. The lowest BCUT2D eigenvalue weighted by Gasteiger charge is -1.98. The first-order chi connectivity index (χ1) is 5.07. The van der Waals surface area contributed by atoms with Gasteiger partial charge in [-0.15, -0.1) is 0 Å². The average Bonchev–Trinajstić information content (AvgIpc) is 1.87. The van der Waals surface area contributed by atoms with Crippen molar-refractivity contribution in [2.45, 2.75) is 33.6 Å². The van der Waals surface area contributed by atoms with Crippen molar-refractivity contribution in [2.24, 2.45) is 0 Å². The summed E-state index contributed by atoms with van der Waals surface area (Å²) in [6.45, 7) is 4.87. The Morgan fingerprint density at radius 3 is 2.00 bits per heavy atom. The van der Waals surface area contributed by atoms with Gasteiger partial charge in [0, 0.05) is 6.42 Å². The maximum atomic E-state index is 10.8. The van der Waals surface area contributed by atoms with Gasteiger partial charge in [-0.25, -0.2) is 0 Å². The highest BCUT2D eigenvalue weighted by atomic mass is 16.1. The third-order valence-electron chi connectivity index (χ3n) is 1.55. The van der Waals surface area contributed by atoms with Crippen LogP contribution in [-0.2, 0) is 9.59 Å². The van der Waals surface area contributed by atoms with E-state index in [1.54, 1.807) is 6.08 Å². The third kappa shape index (κ3) is 4.48. The molecule has 0 aliphatic heterocycles. The number of allylic oxidation sites excluding steroid dienone is 2. The molecule has 0 aliphatic carbocycles. The zero-order chi connectivity index (χ0) is 8.85. The van der Waals surface area contributed by atoms with E-state index in [-0.39, 0.29) is 11.6 Å². The average molecular weight is 154 g/mol. The molecule has 0 saturated carbocycles. The predicted octanol–water partition coefficient (Wildman–Crippen LogP) is 1.89. The Hall–Kier alpha value is -0.920. The summed E-state index contributed by atoms with van der Waals surface area (Å²) in [5.41, 5.74) is 0.750. The van der Waals surface area contributed by atoms with E-state index in [4.69, 9.17) is 0 Å². The minimum absolute atomic E-state index is 0.0637. The smallest absolute Gasteiger partial charge is 0.155 e. The molecule has 0 radical (unpaired) electrons. The topological polar surface area (TPSA) is 34.1 Å². The van der Waals surface area contributed by atoms with Crippen molar-refractivity contribution in [3.05, 3.63) is 11.6 Å². The number of hydrogen-bond donors (Lipinski definition) is 0. The van der Waals surface area contributed by atoms with Gasteiger partial charge in [-0.2, -0.15) is 0 Å². The summed E-state index contributed by atoms with van der Waals surface area (Å²) in [6, 6.07) is 0. The summed E-state index contributed by atoms with van der Waals surface area (Å²) >= 11 is 0. The molecule has 0 aromatic rings. The van der Waals surface area contributed by atoms with E-state index in [9.17, 15) is 9.59 Å². The predicted molar refractivity (Wildman–Crippen MR) is 44.4 cm³/mol. The highest BCUT2D eigenvalue weighted by Crippen LogP contribution is 2.05. The van der Waals surface area contributed by atoms with E-state index in [1.165, 1.54) is 13.8 Å². The van der Waals surface area contributed by atoms with Crippen molar-refractivity contribution in [3.8, 4) is 0 Å². The van der Waals surface area contributed by atoms with E-state index in [0.717, 1.165) is 5.57 Å². The molecule has 2 heteroatoms. The van der Waals surface area contributed by atoms with E-state index < -0.39 is 0 Å². The molecule has 0 aliphatic rings. The van der Waals surface area contributed by atoms with Crippen LogP contribution in [0.3, 0.4) is 0 Å². The standard InChI is InChI=1S/C9H14O2/c1-4-9(8(3)11)6-5-7(2)10/h4H,5-6H2,1-3H3/b9-4-. The lowest BCUT2D eigenvalue weighted by Crippen LogP contribution is -1.99. The molecule has 0 atom stereocenters. The molecule has 0 N–H and O–H groups in total. The van der Waals surface area contributed by atoms with E-state index in [2.05, 4.69) is 0 Å². The molecule has 62 valence electrons. The number of carbonyl (C=O) groups excluding carboxylic acids is 2. The number of rotatable bonds is 4. The molecule has 0 fully saturated rings. The van der Waals surface area contributed by atoms with Crippen LogP contribution in [0.1, 0.15) is 33.6 Å². The zero-order valence-corrected chi connectivity index (χ0v) is 7.31. The quantitative estimate of drug-likeness (QED) is 0.579. The fourth-order valence-corrected chi connectivity index (χ4v) is 0.834. The van der Waals surface area contributed by atoms with Crippen LogP contribution in [0, 0.1) is 0 Å². The first kappa shape index (κ1) is 10.1. The van der Waals surface area contributed by atoms with Crippen LogP contribution in [0.2, 0.25) is 0 Å². The Bertz CT molecular complexity index is 190. The molecular weight excluding hydrogens is 140 g/mol. The molecule has 0 bridgehead atoms. The molecule has 0 aromatic heterocycles. The summed E-state index contributed by atoms with van der Waals surface area (Å²) in [5, 5.41) is 0. The van der Waals surface area contributed by atoms with Gasteiger partial charge in [-0.1, -0.05) is 6.08 Å². The van der Waals surface area contributed by atoms with E-state index >= 15 is 0 Å². The van der Waals surface area contributed by atoms with Crippen LogP contribution in [-0.4, -0.2) is 11.6 Å². The van der Waals surface area contributed by atoms with Crippen LogP contribution in [0.4, 0.5) is 0 Å². The SMILES string of the molecule is C/C=C(/CCC(C)=O)C(C)=O. The summed E-state index contributed by atoms with van der Waals surface area (Å²) in [5.74, 6) is 0.194. The molecule has 0 aromatic carbocycles. The van der Waals surface area contributed by atoms with Gasteiger partial charge in [0.2, 0.25) is 0 Å². The maximum Gasteiger partial charge on any atom is 0.155 e. The lowest BCUT2D eigenvalue weighted by molar-refractivity contribution is -0.117. The highest BCUT2D eigenvalue weighted by Gasteiger charge is 2.02. The van der Waals surface area contributed by atoms with Crippen LogP contribution in [0.5, 0.6) is 0 Å². The Kier molecular flexibility index (Phi) is 4.42. The fraction of sp³-hybridized carbons (Fsp3) is 0.556. The minimum Gasteiger partial charge on any atom is -0.300 e. The molecule has 0 rings (SSSR count). The van der Waals surface area contributed by atoms with Gasteiger partial charge < -0.3 is 4.79 Å². The second-order valence-electron chi connectivity index (χ2n) is 2.57. The Balaban J connectivity index is 3.92. The second-order valence-corrected chi connectivity index (χ2v) is 2.57. The van der Waals surface area contributed by atoms with Crippen LogP contribution >= 0.6 is 0 Å². The van der Waals surface area contributed by atoms with Gasteiger partial charge >= 0.3 is 0 Å². The number of hydrogen-bond acceptors (Lipinski definition) is 2. The van der Waals surface area contributed by atoms with Crippen molar-refractivity contribution < 1.29 is 9.59 Å². The number of carbonyl (C=O) groups is 2. The summed E-state index contributed by atoms with van der Waals surface area (Å²) in [7, 11) is 0. The molecule has 0 spiro atoms. The number of Topliss-reactive ketones (excluding diaryl/α,β-unsaturated/α-hetero) is 2. The van der Waals surface area contributed by atoms with Gasteiger partial charge in [-0.3, -0.25) is 4.79 Å². The summed E-state index contributed by atoms with van der Waals surface area (Å²) in [6.07, 6.45) is 2.83. The first-order valence-electron chi connectivity index (χ1n) is 3.73. The zero-order valence-electron chi connectivity index (χ0n) is 7.31. The molecule has 0 unspecified atom stereocenters. The summed E-state index contributed by atoms with van der Waals surface area (Å²) in [4.78, 5) is 21.4. The van der Waals surface area contributed by atoms with Crippen LogP contribution in [0.15, 0.2) is 11.6 Å². The van der Waals surface area contributed by atoms with Crippen molar-refractivity contribution >= 4 is 11.6 Å². The van der Waals surface area contributed by atoms with Crippen molar-refractivity contribution in [2.75, 3.05) is 0 Å². The molecule has 0 amide bonds. The largest absolute Gasteiger partial charge is 0.300 e. The maximum absolute atomic E-state index is 10.8. The third-order valence-corrected chi connectivity index (χ3v) is 1.55. The van der Waals surface area contributed by atoms with Crippen molar-refractivity contribution in [1.29, 1.82) is 0 Å². The van der Waals surface area contributed by atoms with Gasteiger partial charge in [0.1, 0.15) is 5.78 Å². The van der Waals surface area contributed by atoms with Crippen LogP contribution in [0.25, 0.3) is 0 Å². The van der Waals surface area contributed by atoms with Gasteiger partial charge in [0.25, 0.3) is 0 Å². The number of ketones is 2. The Labute approximate surface area is 67.3 Å². The van der Waals surface area contributed by atoms with Crippen molar-refractivity contribution in [3.63, 3.8) is 0 Å². The lowest BCUT2D eigenvalue weighted by atomic mass is 10.1.